The Morgan fingerprint density at radius 2 is 2.00 bits per heavy atom. The molecule has 1 saturated carbocycles. The van der Waals surface area contributed by atoms with Crippen molar-refractivity contribution in [3.63, 3.8) is 0 Å². The molecule has 1 amide bonds. The van der Waals surface area contributed by atoms with E-state index in [4.69, 9.17) is 10.5 Å². The molecule has 2 aliphatic carbocycles. The molecule has 3 heterocycles. The third kappa shape index (κ3) is 3.85. The summed E-state index contributed by atoms with van der Waals surface area (Å²) in [6.45, 7) is 3.87. The molecule has 1 saturated heterocycles. The van der Waals surface area contributed by atoms with Gasteiger partial charge >= 0.3 is 0 Å². The summed E-state index contributed by atoms with van der Waals surface area (Å²) in [5.74, 6) is 0.925. The van der Waals surface area contributed by atoms with Gasteiger partial charge in [-0.2, -0.15) is 0 Å². The summed E-state index contributed by atoms with van der Waals surface area (Å²) in [5.41, 5.74) is 6.78. The van der Waals surface area contributed by atoms with Crippen molar-refractivity contribution in [2.75, 3.05) is 31.6 Å². The van der Waals surface area contributed by atoms with E-state index < -0.39 is 0 Å². The van der Waals surface area contributed by atoms with Gasteiger partial charge in [0.1, 0.15) is 17.0 Å². The number of fused-ring (bicyclic) bond motifs is 3. The number of anilines is 1. The van der Waals surface area contributed by atoms with Gasteiger partial charge in [-0.3, -0.25) is 9.69 Å². The van der Waals surface area contributed by atoms with Crippen LogP contribution in [0.15, 0.2) is 6.33 Å². The Balaban J connectivity index is 1.32. The second kappa shape index (κ2) is 8.16. The Morgan fingerprint density at radius 1 is 1.21 bits per heavy atom. The number of thiophene rings is 1. The molecule has 1 aliphatic heterocycles. The number of hydrogen-bond donors (Lipinski definition) is 2. The number of rotatable bonds is 5. The zero-order valence-electron chi connectivity index (χ0n) is 16.7. The number of morpholine rings is 1. The van der Waals surface area contributed by atoms with E-state index in [1.54, 1.807) is 17.7 Å². The normalized spacial score (nSPS) is 27.8. The number of aryl methyl sites for hydroxylation is 1. The standard InChI is InChI=1S/C21H29N5O2S/c22-17(27)11-13-1-6-16-18(13)19-20(23-12-24-21(19)29-16)25-14-2-4-15(5-3-14)26-7-9-28-10-8-26/h12-15H,1-11H2,(H2,22,27)(H,23,24,25)/t13-,14-,15-/m1/s1. The summed E-state index contributed by atoms with van der Waals surface area (Å²) in [6, 6.07) is 1.13. The number of hydrogen-bond acceptors (Lipinski definition) is 7. The fourth-order valence-electron chi connectivity index (χ4n) is 5.35. The first-order chi connectivity index (χ1) is 14.2. The van der Waals surface area contributed by atoms with E-state index in [0.717, 1.165) is 68.0 Å². The monoisotopic (exact) mass is 415 g/mol. The molecule has 1 atom stereocenters. The molecule has 156 valence electrons. The Labute approximate surface area is 175 Å². The second-order valence-corrected chi connectivity index (χ2v) is 9.63. The number of ether oxygens (including phenoxy) is 1. The number of nitrogens with one attached hydrogen (secondary N) is 1. The molecule has 0 bridgehead atoms. The highest BCUT2D eigenvalue weighted by Gasteiger charge is 2.32. The van der Waals surface area contributed by atoms with Gasteiger partial charge in [0.15, 0.2) is 0 Å². The molecule has 2 fully saturated rings. The lowest BCUT2D eigenvalue weighted by molar-refractivity contribution is -0.118. The highest BCUT2D eigenvalue weighted by molar-refractivity contribution is 7.19. The number of carbonyl (C=O) groups excluding carboxylic acids is 1. The fourth-order valence-corrected chi connectivity index (χ4v) is 6.59. The van der Waals surface area contributed by atoms with Gasteiger partial charge in [0.05, 0.1) is 18.6 Å². The molecular weight excluding hydrogens is 386 g/mol. The highest BCUT2D eigenvalue weighted by atomic mass is 32.1. The van der Waals surface area contributed by atoms with Crippen LogP contribution in [0.3, 0.4) is 0 Å². The molecule has 0 aromatic carbocycles. The predicted octanol–water partition coefficient (Wildman–Crippen LogP) is 2.65. The first-order valence-corrected chi connectivity index (χ1v) is 11.6. The number of nitrogens with zero attached hydrogens (tertiary/aromatic N) is 3. The summed E-state index contributed by atoms with van der Waals surface area (Å²) in [7, 11) is 0. The van der Waals surface area contributed by atoms with Crippen molar-refractivity contribution < 1.29 is 9.53 Å². The van der Waals surface area contributed by atoms with Gasteiger partial charge in [0.25, 0.3) is 0 Å². The molecule has 3 N–H and O–H groups in total. The molecule has 29 heavy (non-hydrogen) atoms. The van der Waals surface area contributed by atoms with Crippen molar-refractivity contribution in [3.8, 4) is 0 Å². The van der Waals surface area contributed by atoms with Crippen LogP contribution in [0.5, 0.6) is 0 Å². The van der Waals surface area contributed by atoms with E-state index in [2.05, 4.69) is 20.2 Å². The summed E-state index contributed by atoms with van der Waals surface area (Å²) in [6.07, 6.45) is 8.85. The smallest absolute Gasteiger partial charge is 0.218 e. The van der Waals surface area contributed by atoms with Crippen LogP contribution in [0.1, 0.15) is 54.9 Å². The van der Waals surface area contributed by atoms with Crippen LogP contribution in [0.4, 0.5) is 5.82 Å². The number of nitrogens with two attached hydrogens (primary N) is 1. The van der Waals surface area contributed by atoms with Crippen LogP contribution < -0.4 is 11.1 Å². The quantitative estimate of drug-likeness (QED) is 0.780. The lowest BCUT2D eigenvalue weighted by atomic mass is 9.89. The van der Waals surface area contributed by atoms with Gasteiger partial charge in [-0.05, 0) is 50.0 Å². The lowest BCUT2D eigenvalue weighted by Crippen LogP contribution is -2.46. The summed E-state index contributed by atoms with van der Waals surface area (Å²) in [4.78, 5) is 25.7. The molecule has 7 nitrogen and oxygen atoms in total. The fraction of sp³-hybridized carbons (Fsp3) is 0.667. The topological polar surface area (TPSA) is 93.4 Å². The van der Waals surface area contributed by atoms with Gasteiger partial charge in [0.2, 0.25) is 5.91 Å². The molecule has 3 aliphatic rings. The van der Waals surface area contributed by atoms with E-state index in [0.29, 0.717) is 18.5 Å². The molecule has 0 radical (unpaired) electrons. The Morgan fingerprint density at radius 3 is 2.76 bits per heavy atom. The molecule has 2 aromatic heterocycles. The van der Waals surface area contributed by atoms with Crippen LogP contribution in [0.25, 0.3) is 10.2 Å². The minimum atomic E-state index is -0.227. The maximum atomic E-state index is 11.6. The first kappa shape index (κ1) is 19.2. The number of primary amides is 1. The maximum Gasteiger partial charge on any atom is 0.218 e. The average molecular weight is 416 g/mol. The van der Waals surface area contributed by atoms with Crippen LogP contribution in [-0.4, -0.2) is 59.2 Å². The molecule has 0 unspecified atom stereocenters. The van der Waals surface area contributed by atoms with Crippen molar-refractivity contribution in [1.82, 2.24) is 14.9 Å². The molecule has 2 aromatic rings. The largest absolute Gasteiger partial charge is 0.379 e. The van der Waals surface area contributed by atoms with Crippen LogP contribution in [0.2, 0.25) is 0 Å². The van der Waals surface area contributed by atoms with E-state index in [9.17, 15) is 4.79 Å². The summed E-state index contributed by atoms with van der Waals surface area (Å²) in [5, 5.41) is 4.86. The number of aromatic nitrogens is 2. The molecule has 0 spiro atoms. The highest BCUT2D eigenvalue weighted by Crippen LogP contribution is 2.46. The minimum Gasteiger partial charge on any atom is -0.379 e. The Hall–Kier alpha value is -1.77. The third-order valence-electron chi connectivity index (χ3n) is 6.78. The van der Waals surface area contributed by atoms with Crippen molar-refractivity contribution in [3.05, 3.63) is 16.8 Å². The minimum absolute atomic E-state index is 0.208. The Bertz CT molecular complexity index is 887. The zero-order valence-corrected chi connectivity index (χ0v) is 17.5. The van der Waals surface area contributed by atoms with Crippen LogP contribution in [0, 0.1) is 0 Å². The lowest BCUT2D eigenvalue weighted by Gasteiger charge is -2.39. The maximum absolute atomic E-state index is 11.6. The predicted molar refractivity (Wildman–Crippen MR) is 114 cm³/mol. The van der Waals surface area contributed by atoms with Gasteiger partial charge in [-0.1, -0.05) is 0 Å². The van der Waals surface area contributed by atoms with E-state index in [1.807, 2.05) is 0 Å². The number of amides is 1. The first-order valence-electron chi connectivity index (χ1n) is 10.8. The van der Waals surface area contributed by atoms with Crippen LogP contribution >= 0.6 is 11.3 Å². The van der Waals surface area contributed by atoms with Crippen molar-refractivity contribution >= 4 is 33.3 Å². The third-order valence-corrected chi connectivity index (χ3v) is 7.95. The molecule has 8 heteroatoms. The molecule has 5 rings (SSSR count). The van der Waals surface area contributed by atoms with E-state index in [-0.39, 0.29) is 11.8 Å². The van der Waals surface area contributed by atoms with Gasteiger partial charge in [0, 0.05) is 36.5 Å². The van der Waals surface area contributed by atoms with Gasteiger partial charge in [-0.25, -0.2) is 9.97 Å². The summed E-state index contributed by atoms with van der Waals surface area (Å²) < 4.78 is 5.50. The molecular formula is C21H29N5O2S. The second-order valence-electron chi connectivity index (χ2n) is 8.55. The summed E-state index contributed by atoms with van der Waals surface area (Å²) >= 11 is 1.75. The van der Waals surface area contributed by atoms with E-state index >= 15 is 0 Å². The van der Waals surface area contributed by atoms with Gasteiger partial charge in [-0.15, -0.1) is 11.3 Å². The van der Waals surface area contributed by atoms with Crippen LogP contribution in [-0.2, 0) is 16.0 Å². The van der Waals surface area contributed by atoms with Crippen molar-refractivity contribution in [2.45, 2.75) is 62.9 Å². The number of carbonyl (C=O) groups is 1. The van der Waals surface area contributed by atoms with Gasteiger partial charge < -0.3 is 15.8 Å². The zero-order chi connectivity index (χ0) is 19.8. The van der Waals surface area contributed by atoms with E-state index in [1.165, 1.54) is 23.3 Å². The Kier molecular flexibility index (Phi) is 5.41. The average Bonchev–Trinajstić information content (AvgIpc) is 3.29. The van der Waals surface area contributed by atoms with Crippen molar-refractivity contribution in [2.24, 2.45) is 5.73 Å². The van der Waals surface area contributed by atoms with Crippen molar-refractivity contribution in [1.29, 1.82) is 0 Å². The SMILES string of the molecule is NC(=O)C[C@H]1CCc2sc3ncnc(N[C@H]4CC[C@H](N5CCOCC5)CC4)c3c21.